The quantitative estimate of drug-likeness (QED) is 0.329. The van der Waals surface area contributed by atoms with Gasteiger partial charge in [-0.05, 0) is 61.1 Å². The molecule has 1 atom stereocenters. The zero-order valence-electron chi connectivity index (χ0n) is 18.3. The molecule has 0 saturated heterocycles. The Hall–Kier alpha value is -3.02. The van der Waals surface area contributed by atoms with E-state index in [1.807, 2.05) is 0 Å². The smallest absolute Gasteiger partial charge is 0.338 e. The standard InChI is InChI=1S/C22H24FN3O5S2/c1-14-19(21(27)31-13-12-30-3)20(24-22(32)26(14)2)15-4-8-17(9-5-15)25-33(28,29)18-10-6-16(23)7-11-18/h4-11,20,25H,12-13H2,1-3H3,(H,24,32). The van der Waals surface area contributed by atoms with Crippen LogP contribution in [0.4, 0.5) is 10.1 Å². The Morgan fingerprint density at radius 3 is 2.39 bits per heavy atom. The molecule has 176 valence electrons. The van der Waals surface area contributed by atoms with Crippen LogP contribution in [0, 0.1) is 5.82 Å². The van der Waals surface area contributed by atoms with Gasteiger partial charge in [0.2, 0.25) is 0 Å². The van der Waals surface area contributed by atoms with Crippen molar-refractivity contribution in [2.45, 2.75) is 17.9 Å². The molecule has 33 heavy (non-hydrogen) atoms. The van der Waals surface area contributed by atoms with Crippen molar-refractivity contribution in [3.63, 3.8) is 0 Å². The van der Waals surface area contributed by atoms with Crippen molar-refractivity contribution >= 4 is 39.0 Å². The van der Waals surface area contributed by atoms with E-state index >= 15 is 0 Å². The molecule has 1 aliphatic heterocycles. The SMILES string of the molecule is COCCOC(=O)C1=C(C)N(C)C(=S)NC1c1ccc(NS(=O)(=O)c2ccc(F)cc2)cc1. The van der Waals surface area contributed by atoms with Crippen molar-refractivity contribution < 1.29 is 27.1 Å². The number of ether oxygens (including phenoxy) is 2. The van der Waals surface area contributed by atoms with Gasteiger partial charge in [-0.1, -0.05) is 12.1 Å². The number of nitrogens with zero attached hydrogens (tertiary/aromatic N) is 1. The molecule has 0 aliphatic carbocycles. The van der Waals surface area contributed by atoms with E-state index in [4.69, 9.17) is 21.7 Å². The summed E-state index contributed by atoms with van der Waals surface area (Å²) in [4.78, 5) is 14.4. The van der Waals surface area contributed by atoms with Gasteiger partial charge in [0.1, 0.15) is 12.4 Å². The molecule has 1 aliphatic rings. The number of esters is 1. The summed E-state index contributed by atoms with van der Waals surface area (Å²) in [6.07, 6.45) is 0. The molecule has 0 amide bonds. The van der Waals surface area contributed by atoms with Crippen LogP contribution in [0.5, 0.6) is 0 Å². The first-order valence-corrected chi connectivity index (χ1v) is 11.8. The summed E-state index contributed by atoms with van der Waals surface area (Å²) in [5.41, 5.74) is 2.03. The number of methoxy groups -OCH3 is 1. The number of hydrogen-bond acceptors (Lipinski definition) is 6. The average molecular weight is 494 g/mol. The van der Waals surface area contributed by atoms with Gasteiger partial charge in [-0.3, -0.25) is 4.72 Å². The summed E-state index contributed by atoms with van der Waals surface area (Å²) < 4.78 is 50.9. The number of hydrogen-bond donors (Lipinski definition) is 2. The molecule has 2 aromatic carbocycles. The van der Waals surface area contributed by atoms with E-state index in [0.29, 0.717) is 27.6 Å². The van der Waals surface area contributed by atoms with Gasteiger partial charge in [0.05, 0.1) is 23.1 Å². The number of thiocarbonyl (C=S) groups is 1. The number of anilines is 1. The molecule has 8 nitrogen and oxygen atoms in total. The van der Waals surface area contributed by atoms with E-state index in [1.54, 1.807) is 43.1 Å². The molecule has 0 fully saturated rings. The number of halogens is 1. The van der Waals surface area contributed by atoms with Crippen molar-refractivity contribution in [3.05, 3.63) is 71.2 Å². The van der Waals surface area contributed by atoms with Gasteiger partial charge in [-0.2, -0.15) is 0 Å². The van der Waals surface area contributed by atoms with Crippen LogP contribution in [-0.2, 0) is 24.3 Å². The van der Waals surface area contributed by atoms with Crippen LogP contribution in [0.25, 0.3) is 0 Å². The van der Waals surface area contributed by atoms with E-state index < -0.39 is 27.9 Å². The third-order valence-electron chi connectivity index (χ3n) is 5.11. The van der Waals surface area contributed by atoms with Crippen LogP contribution in [0.1, 0.15) is 18.5 Å². The fraction of sp³-hybridized carbons (Fsp3) is 0.273. The normalized spacial score (nSPS) is 16.4. The molecular weight excluding hydrogens is 469 g/mol. The summed E-state index contributed by atoms with van der Waals surface area (Å²) in [7, 11) is -0.623. The molecular formula is C22H24FN3O5S2. The van der Waals surface area contributed by atoms with Crippen molar-refractivity contribution in [1.82, 2.24) is 10.2 Å². The minimum atomic E-state index is -3.88. The third-order valence-corrected chi connectivity index (χ3v) is 6.90. The molecule has 2 aromatic rings. The summed E-state index contributed by atoms with van der Waals surface area (Å²) in [6, 6.07) is 10.5. The second kappa shape index (κ2) is 10.3. The van der Waals surface area contributed by atoms with Crippen LogP contribution < -0.4 is 10.0 Å². The van der Waals surface area contributed by atoms with Crippen LogP contribution >= 0.6 is 12.2 Å². The van der Waals surface area contributed by atoms with Gasteiger partial charge in [0.15, 0.2) is 5.11 Å². The minimum Gasteiger partial charge on any atom is -0.460 e. The zero-order chi connectivity index (χ0) is 24.2. The molecule has 0 aromatic heterocycles. The highest BCUT2D eigenvalue weighted by atomic mass is 32.2. The van der Waals surface area contributed by atoms with Crippen LogP contribution in [0.15, 0.2) is 64.7 Å². The largest absolute Gasteiger partial charge is 0.460 e. The first-order valence-electron chi connectivity index (χ1n) is 9.93. The van der Waals surface area contributed by atoms with Crippen LogP contribution in [-0.4, -0.2) is 51.8 Å². The van der Waals surface area contributed by atoms with Crippen LogP contribution in [0.2, 0.25) is 0 Å². The van der Waals surface area contributed by atoms with Gasteiger partial charge in [0.25, 0.3) is 10.0 Å². The van der Waals surface area contributed by atoms with Crippen molar-refractivity contribution in [2.75, 3.05) is 32.1 Å². The topological polar surface area (TPSA) is 97.0 Å². The lowest BCUT2D eigenvalue weighted by Gasteiger charge is -2.35. The number of carbonyl (C=O) groups excluding carboxylic acids is 1. The first-order chi connectivity index (χ1) is 15.6. The van der Waals surface area contributed by atoms with Crippen LogP contribution in [0.3, 0.4) is 0 Å². The van der Waals surface area contributed by atoms with E-state index in [-0.39, 0.29) is 18.1 Å². The second-order valence-corrected chi connectivity index (χ2v) is 9.32. The predicted octanol–water partition coefficient (Wildman–Crippen LogP) is 2.95. The second-order valence-electron chi connectivity index (χ2n) is 7.25. The number of sulfonamides is 1. The molecule has 1 unspecified atom stereocenters. The van der Waals surface area contributed by atoms with Gasteiger partial charge >= 0.3 is 5.97 Å². The molecule has 0 radical (unpaired) electrons. The average Bonchev–Trinajstić information content (AvgIpc) is 2.78. The summed E-state index contributed by atoms with van der Waals surface area (Å²) >= 11 is 5.38. The summed E-state index contributed by atoms with van der Waals surface area (Å²) in [5.74, 6) is -1.03. The van der Waals surface area contributed by atoms with E-state index in [2.05, 4.69) is 10.0 Å². The summed E-state index contributed by atoms with van der Waals surface area (Å²) in [5, 5.41) is 3.56. The van der Waals surface area contributed by atoms with Gasteiger partial charge in [-0.25, -0.2) is 17.6 Å². The van der Waals surface area contributed by atoms with E-state index in [1.165, 1.54) is 19.2 Å². The minimum absolute atomic E-state index is 0.0602. The monoisotopic (exact) mass is 493 g/mol. The Labute approximate surface area is 197 Å². The summed E-state index contributed by atoms with van der Waals surface area (Å²) in [6.45, 7) is 2.16. The molecule has 11 heteroatoms. The molecule has 2 N–H and O–H groups in total. The lowest BCUT2D eigenvalue weighted by atomic mass is 9.95. The molecule has 3 rings (SSSR count). The lowest BCUT2D eigenvalue weighted by molar-refractivity contribution is -0.140. The van der Waals surface area contributed by atoms with Gasteiger partial charge in [-0.15, -0.1) is 0 Å². The first kappa shape index (κ1) is 24.6. The maximum absolute atomic E-state index is 13.1. The number of allylic oxidation sites excluding steroid dienone is 1. The Kier molecular flexibility index (Phi) is 7.67. The Morgan fingerprint density at radius 2 is 1.79 bits per heavy atom. The van der Waals surface area contributed by atoms with Crippen molar-refractivity contribution in [2.24, 2.45) is 0 Å². The fourth-order valence-electron chi connectivity index (χ4n) is 3.22. The number of rotatable bonds is 8. The van der Waals surface area contributed by atoms with Gasteiger partial charge in [0, 0.05) is 25.5 Å². The highest BCUT2D eigenvalue weighted by Crippen LogP contribution is 2.31. The highest BCUT2D eigenvalue weighted by molar-refractivity contribution is 7.92. The number of nitrogens with one attached hydrogen (secondary N) is 2. The van der Waals surface area contributed by atoms with Gasteiger partial charge < -0.3 is 19.7 Å². The Balaban J connectivity index is 1.85. The molecule has 0 spiro atoms. The third kappa shape index (κ3) is 5.67. The lowest BCUT2D eigenvalue weighted by Crippen LogP contribution is -2.46. The molecule has 1 heterocycles. The van der Waals surface area contributed by atoms with Crippen molar-refractivity contribution in [3.8, 4) is 0 Å². The van der Waals surface area contributed by atoms with E-state index in [0.717, 1.165) is 12.1 Å². The molecule has 0 saturated carbocycles. The van der Waals surface area contributed by atoms with Crippen molar-refractivity contribution in [1.29, 1.82) is 0 Å². The maximum Gasteiger partial charge on any atom is 0.338 e. The number of carbonyl (C=O) groups is 1. The van der Waals surface area contributed by atoms with E-state index in [9.17, 15) is 17.6 Å². The fourth-order valence-corrected chi connectivity index (χ4v) is 4.53. The maximum atomic E-state index is 13.1. The molecule has 0 bridgehead atoms. The Morgan fingerprint density at radius 1 is 1.15 bits per heavy atom. The number of benzene rings is 2. The zero-order valence-corrected chi connectivity index (χ0v) is 19.9. The Bertz CT molecular complexity index is 1170. The predicted molar refractivity (Wildman–Crippen MR) is 125 cm³/mol. The highest BCUT2D eigenvalue weighted by Gasteiger charge is 2.33.